The monoisotopic (exact) mass is 324 g/mol. The van der Waals surface area contributed by atoms with Crippen LogP contribution in [-0.4, -0.2) is 0 Å². The van der Waals surface area contributed by atoms with Gasteiger partial charge in [0, 0.05) is 20.9 Å². The summed E-state index contributed by atoms with van der Waals surface area (Å²) in [7, 11) is 0. The first-order valence-corrected chi connectivity index (χ1v) is 6.87. The van der Waals surface area contributed by atoms with Crippen LogP contribution in [0.2, 0.25) is 5.02 Å². The van der Waals surface area contributed by atoms with Crippen molar-refractivity contribution in [1.29, 1.82) is 0 Å². The normalized spacial score (nSPS) is 10.4. The number of nitrogens with one attached hydrogen (secondary N) is 1. The van der Waals surface area contributed by atoms with Gasteiger partial charge in [-0.05, 0) is 64.3 Å². The van der Waals surface area contributed by atoms with Gasteiger partial charge in [-0.15, -0.1) is 0 Å². The van der Waals surface area contributed by atoms with E-state index < -0.39 is 0 Å². The lowest BCUT2D eigenvalue weighted by atomic mass is 10.1. The van der Waals surface area contributed by atoms with Crippen LogP contribution in [0.5, 0.6) is 0 Å². The summed E-state index contributed by atoms with van der Waals surface area (Å²) in [5, 5.41) is 4.07. The van der Waals surface area contributed by atoms with Crippen molar-refractivity contribution in [3.05, 3.63) is 51.5 Å². The Bertz CT molecular complexity index is 570. The van der Waals surface area contributed by atoms with E-state index >= 15 is 0 Å². The Morgan fingerprint density at radius 1 is 1.22 bits per heavy atom. The number of aryl methyl sites for hydroxylation is 1. The summed E-state index contributed by atoms with van der Waals surface area (Å²) >= 11 is 9.57. The van der Waals surface area contributed by atoms with Gasteiger partial charge in [0.05, 0.1) is 5.69 Å². The van der Waals surface area contributed by atoms with Gasteiger partial charge in [-0.2, -0.15) is 0 Å². The standard InChI is InChI=1S/C14H14BrClN2/c1-2-9-5-10(16)7-12(6-9)18-14-4-3-11(17)8-13(14)15/h3-8,18H,2,17H2,1H3. The Kier molecular flexibility index (Phi) is 4.15. The quantitative estimate of drug-likeness (QED) is 0.780. The second-order valence-corrected chi connectivity index (χ2v) is 5.36. The van der Waals surface area contributed by atoms with Crippen molar-refractivity contribution in [3.8, 4) is 0 Å². The number of hydrogen-bond acceptors (Lipinski definition) is 2. The summed E-state index contributed by atoms with van der Waals surface area (Å²) in [5.41, 5.74) is 9.59. The second kappa shape index (κ2) is 5.63. The van der Waals surface area contributed by atoms with Gasteiger partial charge in [0.2, 0.25) is 0 Å². The molecule has 0 atom stereocenters. The van der Waals surface area contributed by atoms with E-state index in [0.717, 1.165) is 33.0 Å². The van der Waals surface area contributed by atoms with E-state index in [1.54, 1.807) is 0 Å². The molecule has 18 heavy (non-hydrogen) atoms. The zero-order valence-corrected chi connectivity index (χ0v) is 12.3. The van der Waals surface area contributed by atoms with Crippen molar-refractivity contribution < 1.29 is 0 Å². The minimum absolute atomic E-state index is 0.729. The topological polar surface area (TPSA) is 38.0 Å². The molecular weight excluding hydrogens is 312 g/mol. The van der Waals surface area contributed by atoms with Crippen LogP contribution >= 0.6 is 27.5 Å². The van der Waals surface area contributed by atoms with Crippen molar-refractivity contribution in [2.75, 3.05) is 11.1 Å². The number of anilines is 3. The molecule has 0 spiro atoms. The van der Waals surface area contributed by atoms with Gasteiger partial charge in [0.25, 0.3) is 0 Å². The van der Waals surface area contributed by atoms with Crippen molar-refractivity contribution in [2.24, 2.45) is 0 Å². The van der Waals surface area contributed by atoms with Gasteiger partial charge in [-0.3, -0.25) is 0 Å². The van der Waals surface area contributed by atoms with Crippen LogP contribution in [0.1, 0.15) is 12.5 Å². The fourth-order valence-electron chi connectivity index (χ4n) is 1.71. The second-order valence-electron chi connectivity index (χ2n) is 4.07. The maximum absolute atomic E-state index is 6.09. The molecule has 4 heteroatoms. The van der Waals surface area contributed by atoms with E-state index in [0.29, 0.717) is 0 Å². The van der Waals surface area contributed by atoms with Gasteiger partial charge in [-0.1, -0.05) is 18.5 Å². The first-order chi connectivity index (χ1) is 8.58. The minimum atomic E-state index is 0.729. The zero-order chi connectivity index (χ0) is 13.1. The molecule has 2 nitrogen and oxygen atoms in total. The van der Waals surface area contributed by atoms with E-state index in [2.05, 4.69) is 34.2 Å². The van der Waals surface area contributed by atoms with Crippen LogP contribution < -0.4 is 11.1 Å². The molecule has 0 aliphatic rings. The molecule has 0 unspecified atom stereocenters. The zero-order valence-electron chi connectivity index (χ0n) is 10.0. The van der Waals surface area contributed by atoms with Crippen molar-refractivity contribution in [1.82, 2.24) is 0 Å². The van der Waals surface area contributed by atoms with E-state index in [-0.39, 0.29) is 0 Å². The lowest BCUT2D eigenvalue weighted by Crippen LogP contribution is -1.94. The van der Waals surface area contributed by atoms with Crippen LogP contribution in [0.3, 0.4) is 0 Å². The third-order valence-electron chi connectivity index (χ3n) is 2.64. The fraction of sp³-hybridized carbons (Fsp3) is 0.143. The summed E-state index contributed by atoms with van der Waals surface area (Å²) in [6.07, 6.45) is 0.956. The maximum atomic E-state index is 6.09. The molecule has 2 aromatic carbocycles. The molecule has 2 aromatic rings. The minimum Gasteiger partial charge on any atom is -0.399 e. The number of nitrogens with two attached hydrogens (primary N) is 1. The SMILES string of the molecule is CCc1cc(Cl)cc(Nc2ccc(N)cc2Br)c1. The maximum Gasteiger partial charge on any atom is 0.0530 e. The molecule has 0 saturated heterocycles. The molecule has 0 bridgehead atoms. The molecule has 0 fully saturated rings. The van der Waals surface area contributed by atoms with Crippen molar-refractivity contribution in [3.63, 3.8) is 0 Å². The van der Waals surface area contributed by atoms with Crippen molar-refractivity contribution >= 4 is 44.6 Å². The van der Waals surface area contributed by atoms with Crippen molar-refractivity contribution in [2.45, 2.75) is 13.3 Å². The summed E-state index contributed by atoms with van der Waals surface area (Å²) in [6, 6.07) is 11.6. The van der Waals surface area contributed by atoms with Gasteiger partial charge in [0.15, 0.2) is 0 Å². The molecule has 0 aliphatic carbocycles. The Morgan fingerprint density at radius 2 is 2.00 bits per heavy atom. The third-order valence-corrected chi connectivity index (χ3v) is 3.51. The summed E-state index contributed by atoms with van der Waals surface area (Å²) < 4.78 is 0.931. The summed E-state index contributed by atoms with van der Waals surface area (Å²) in [5.74, 6) is 0. The highest BCUT2D eigenvalue weighted by atomic mass is 79.9. The molecule has 0 heterocycles. The largest absolute Gasteiger partial charge is 0.399 e. The predicted octanol–water partition coefficient (Wildman–Crippen LogP) is 4.99. The van der Waals surface area contributed by atoms with Crippen LogP contribution in [0, 0.1) is 0 Å². The first kappa shape index (κ1) is 13.2. The van der Waals surface area contributed by atoms with Gasteiger partial charge in [-0.25, -0.2) is 0 Å². The van der Waals surface area contributed by atoms with Crippen LogP contribution in [0.15, 0.2) is 40.9 Å². The number of rotatable bonds is 3. The predicted molar refractivity (Wildman–Crippen MR) is 82.7 cm³/mol. The molecular formula is C14H14BrClN2. The highest BCUT2D eigenvalue weighted by Gasteiger charge is 2.03. The van der Waals surface area contributed by atoms with Crippen LogP contribution in [0.4, 0.5) is 17.1 Å². The van der Waals surface area contributed by atoms with E-state index in [9.17, 15) is 0 Å². The summed E-state index contributed by atoms with van der Waals surface area (Å²) in [4.78, 5) is 0. The lowest BCUT2D eigenvalue weighted by molar-refractivity contribution is 1.14. The molecule has 0 radical (unpaired) electrons. The molecule has 94 valence electrons. The summed E-state index contributed by atoms with van der Waals surface area (Å²) in [6.45, 7) is 2.11. The van der Waals surface area contributed by atoms with E-state index in [4.69, 9.17) is 17.3 Å². The molecule has 3 N–H and O–H groups in total. The Hall–Kier alpha value is -1.19. The van der Waals surface area contributed by atoms with Crippen LogP contribution in [-0.2, 0) is 6.42 Å². The number of hydrogen-bond donors (Lipinski definition) is 2. The Balaban J connectivity index is 2.30. The molecule has 0 amide bonds. The van der Waals surface area contributed by atoms with Gasteiger partial charge in [0.1, 0.15) is 0 Å². The molecule has 0 saturated carbocycles. The third kappa shape index (κ3) is 3.18. The Labute approximate surface area is 120 Å². The number of nitrogen functional groups attached to an aromatic ring is 1. The highest BCUT2D eigenvalue weighted by molar-refractivity contribution is 9.10. The number of benzene rings is 2. The number of halogens is 2. The lowest BCUT2D eigenvalue weighted by Gasteiger charge is -2.11. The molecule has 0 aliphatic heterocycles. The highest BCUT2D eigenvalue weighted by Crippen LogP contribution is 2.29. The first-order valence-electron chi connectivity index (χ1n) is 5.70. The molecule has 0 aromatic heterocycles. The van der Waals surface area contributed by atoms with Gasteiger partial charge < -0.3 is 11.1 Å². The van der Waals surface area contributed by atoms with E-state index in [1.165, 1.54) is 5.56 Å². The van der Waals surface area contributed by atoms with Gasteiger partial charge >= 0.3 is 0 Å². The van der Waals surface area contributed by atoms with E-state index in [1.807, 2.05) is 30.3 Å². The van der Waals surface area contributed by atoms with Crippen LogP contribution in [0.25, 0.3) is 0 Å². The fourth-order valence-corrected chi connectivity index (χ4v) is 2.47. The molecule has 2 rings (SSSR count). The average molecular weight is 326 g/mol. The average Bonchev–Trinajstić information content (AvgIpc) is 2.32. The smallest absolute Gasteiger partial charge is 0.0530 e. The Morgan fingerprint density at radius 3 is 2.67 bits per heavy atom.